The highest BCUT2D eigenvalue weighted by Gasteiger charge is 2.08. The number of nitrogens with one attached hydrogen (secondary N) is 1. The number of nitrogens with zero attached hydrogens (tertiary/aromatic N) is 2. The van der Waals surface area contributed by atoms with Crippen molar-refractivity contribution in [1.29, 1.82) is 0 Å². The zero-order valence-corrected chi connectivity index (χ0v) is 11.5. The summed E-state index contributed by atoms with van der Waals surface area (Å²) in [7, 11) is 0. The molecule has 0 aliphatic carbocycles. The molecule has 3 N–H and O–H groups in total. The Hall–Kier alpha value is -1.86. The van der Waals surface area contributed by atoms with Crippen molar-refractivity contribution in [3.63, 3.8) is 0 Å². The van der Waals surface area contributed by atoms with Crippen LogP contribution >= 0.6 is 11.8 Å². The predicted octanol–water partition coefficient (Wildman–Crippen LogP) is 1.58. The Bertz CT molecular complexity index is 560. The van der Waals surface area contributed by atoms with E-state index in [1.165, 1.54) is 18.0 Å². The molecule has 0 spiro atoms. The molecular weight excluding hydrogens is 264 g/mol. The number of hydrazine groups is 1. The minimum absolute atomic E-state index is 0.356. The molecule has 0 aromatic carbocycles. The first kappa shape index (κ1) is 13.6. The van der Waals surface area contributed by atoms with Crippen LogP contribution < -0.4 is 11.3 Å². The van der Waals surface area contributed by atoms with Crippen LogP contribution in [-0.2, 0) is 5.75 Å². The Kier molecular flexibility index (Phi) is 4.18. The first-order valence-corrected chi connectivity index (χ1v) is 6.61. The van der Waals surface area contributed by atoms with Crippen LogP contribution in [0.5, 0.6) is 0 Å². The van der Waals surface area contributed by atoms with Crippen LogP contribution in [0, 0.1) is 13.8 Å². The summed E-state index contributed by atoms with van der Waals surface area (Å²) in [5.41, 5.74) is 4.22. The summed E-state index contributed by atoms with van der Waals surface area (Å²) in [5.74, 6) is 6.14. The topological polar surface area (TPSA) is 94.0 Å². The van der Waals surface area contributed by atoms with Crippen molar-refractivity contribution in [3.05, 3.63) is 41.0 Å². The number of carbonyl (C=O) groups is 1. The van der Waals surface area contributed by atoms with Crippen LogP contribution in [0.4, 0.5) is 0 Å². The van der Waals surface area contributed by atoms with Gasteiger partial charge in [0.15, 0.2) is 0 Å². The third kappa shape index (κ3) is 3.33. The summed E-state index contributed by atoms with van der Waals surface area (Å²) in [6, 6.07) is 3.46. The van der Waals surface area contributed by atoms with Crippen LogP contribution in [0.1, 0.15) is 27.5 Å². The second-order valence-corrected chi connectivity index (χ2v) is 4.85. The van der Waals surface area contributed by atoms with E-state index >= 15 is 0 Å². The number of nitrogens with two attached hydrogens (primary N) is 1. The van der Waals surface area contributed by atoms with Gasteiger partial charge in [-0.3, -0.25) is 15.2 Å². The maximum Gasteiger partial charge on any atom is 0.266 e. The number of aryl methyl sites for hydroxylation is 2. The molecule has 7 heteroatoms. The van der Waals surface area contributed by atoms with E-state index in [2.05, 4.69) is 15.4 Å². The minimum Gasteiger partial charge on any atom is -0.437 e. The number of pyridine rings is 1. The molecule has 0 unspecified atom stereocenters. The van der Waals surface area contributed by atoms with Gasteiger partial charge in [0.25, 0.3) is 11.1 Å². The summed E-state index contributed by atoms with van der Waals surface area (Å²) in [5, 5.41) is 0.626. The highest BCUT2D eigenvalue weighted by atomic mass is 32.2. The highest BCUT2D eigenvalue weighted by molar-refractivity contribution is 7.98. The number of carbonyl (C=O) groups excluding carboxylic acids is 1. The van der Waals surface area contributed by atoms with Gasteiger partial charge in [-0.15, -0.1) is 0 Å². The number of hydrogen-bond donors (Lipinski definition) is 2. The lowest BCUT2D eigenvalue weighted by Gasteiger charge is -2.01. The largest absolute Gasteiger partial charge is 0.437 e. The molecule has 6 nitrogen and oxygen atoms in total. The first-order chi connectivity index (χ1) is 9.10. The van der Waals surface area contributed by atoms with E-state index in [0.717, 1.165) is 17.1 Å². The Balaban J connectivity index is 1.98. The molecule has 0 aliphatic rings. The Labute approximate surface area is 114 Å². The molecule has 1 amide bonds. The molecule has 19 heavy (non-hydrogen) atoms. The summed E-state index contributed by atoms with van der Waals surface area (Å²) in [4.78, 5) is 19.7. The molecule has 100 valence electrons. The van der Waals surface area contributed by atoms with E-state index in [1.807, 2.05) is 13.8 Å². The SMILES string of the molecule is Cc1nc(SCc2ccc(C(=O)NN)cn2)oc1C. The van der Waals surface area contributed by atoms with Crippen molar-refractivity contribution in [1.82, 2.24) is 15.4 Å². The zero-order valence-electron chi connectivity index (χ0n) is 10.6. The minimum atomic E-state index is -0.356. The number of rotatable bonds is 4. The molecule has 0 bridgehead atoms. The average molecular weight is 278 g/mol. The normalized spacial score (nSPS) is 10.5. The Morgan fingerprint density at radius 1 is 1.47 bits per heavy atom. The summed E-state index contributed by atoms with van der Waals surface area (Å²) in [6.45, 7) is 3.78. The standard InChI is InChI=1S/C12H14N4O2S/c1-7-8(2)18-12(15-7)19-6-10-4-3-9(5-14-10)11(17)16-13/h3-5H,6,13H2,1-2H3,(H,16,17). The number of amides is 1. The lowest BCUT2D eigenvalue weighted by molar-refractivity contribution is 0.0953. The van der Waals surface area contributed by atoms with Crippen molar-refractivity contribution in [3.8, 4) is 0 Å². The quantitative estimate of drug-likeness (QED) is 0.382. The fourth-order valence-electron chi connectivity index (χ4n) is 1.37. The smallest absolute Gasteiger partial charge is 0.266 e. The molecule has 2 aromatic heterocycles. The van der Waals surface area contributed by atoms with Crippen LogP contribution in [-0.4, -0.2) is 15.9 Å². The lowest BCUT2D eigenvalue weighted by Crippen LogP contribution is -2.30. The predicted molar refractivity (Wildman–Crippen MR) is 71.4 cm³/mol. The third-order valence-corrected chi connectivity index (χ3v) is 3.43. The maximum absolute atomic E-state index is 11.2. The van der Waals surface area contributed by atoms with Crippen LogP contribution in [0.25, 0.3) is 0 Å². The van der Waals surface area contributed by atoms with E-state index in [0.29, 0.717) is 16.5 Å². The fraction of sp³-hybridized carbons (Fsp3) is 0.250. The average Bonchev–Trinajstić information content (AvgIpc) is 2.75. The van der Waals surface area contributed by atoms with Gasteiger partial charge in [-0.1, -0.05) is 11.8 Å². The number of aromatic nitrogens is 2. The van der Waals surface area contributed by atoms with Gasteiger partial charge in [0.05, 0.1) is 17.0 Å². The van der Waals surface area contributed by atoms with Gasteiger partial charge >= 0.3 is 0 Å². The van der Waals surface area contributed by atoms with Crippen molar-refractivity contribution in [2.75, 3.05) is 0 Å². The molecule has 0 aliphatic heterocycles. The van der Waals surface area contributed by atoms with Crippen molar-refractivity contribution < 1.29 is 9.21 Å². The van der Waals surface area contributed by atoms with Gasteiger partial charge in [0, 0.05) is 11.9 Å². The lowest BCUT2D eigenvalue weighted by atomic mass is 10.2. The Morgan fingerprint density at radius 2 is 2.26 bits per heavy atom. The van der Waals surface area contributed by atoms with Gasteiger partial charge in [-0.2, -0.15) is 0 Å². The monoisotopic (exact) mass is 278 g/mol. The number of oxazole rings is 1. The molecule has 2 heterocycles. The Morgan fingerprint density at radius 3 is 2.79 bits per heavy atom. The second kappa shape index (κ2) is 5.85. The van der Waals surface area contributed by atoms with Crippen molar-refractivity contribution in [2.45, 2.75) is 24.8 Å². The fourth-order valence-corrected chi connectivity index (χ4v) is 2.20. The molecule has 2 aromatic rings. The zero-order chi connectivity index (χ0) is 13.8. The van der Waals surface area contributed by atoms with E-state index in [9.17, 15) is 4.79 Å². The van der Waals surface area contributed by atoms with E-state index < -0.39 is 0 Å². The summed E-state index contributed by atoms with van der Waals surface area (Å²) in [6.07, 6.45) is 1.49. The second-order valence-electron chi connectivity index (χ2n) is 3.92. The van der Waals surface area contributed by atoms with Gasteiger partial charge in [0.1, 0.15) is 5.76 Å². The number of nitrogen functional groups attached to an aromatic ring is 1. The highest BCUT2D eigenvalue weighted by Crippen LogP contribution is 2.23. The summed E-state index contributed by atoms with van der Waals surface area (Å²) >= 11 is 1.46. The number of thioether (sulfide) groups is 1. The molecule has 0 fully saturated rings. The van der Waals surface area contributed by atoms with E-state index in [4.69, 9.17) is 10.3 Å². The third-order valence-electron chi connectivity index (χ3n) is 2.57. The first-order valence-electron chi connectivity index (χ1n) is 5.63. The van der Waals surface area contributed by atoms with Crippen LogP contribution in [0.2, 0.25) is 0 Å². The van der Waals surface area contributed by atoms with Crippen molar-refractivity contribution in [2.24, 2.45) is 5.84 Å². The van der Waals surface area contributed by atoms with Gasteiger partial charge in [0.2, 0.25) is 0 Å². The summed E-state index contributed by atoms with van der Waals surface area (Å²) < 4.78 is 5.46. The van der Waals surface area contributed by atoms with Gasteiger partial charge in [-0.05, 0) is 26.0 Å². The molecule has 0 radical (unpaired) electrons. The van der Waals surface area contributed by atoms with Gasteiger partial charge < -0.3 is 4.42 Å². The molecule has 0 saturated heterocycles. The van der Waals surface area contributed by atoms with E-state index in [1.54, 1.807) is 12.1 Å². The van der Waals surface area contributed by atoms with E-state index in [-0.39, 0.29) is 5.91 Å². The number of hydrogen-bond acceptors (Lipinski definition) is 6. The molecular formula is C12H14N4O2S. The van der Waals surface area contributed by atoms with Crippen molar-refractivity contribution >= 4 is 17.7 Å². The van der Waals surface area contributed by atoms with Crippen LogP contribution in [0.3, 0.4) is 0 Å². The molecule has 2 rings (SSSR count). The van der Waals surface area contributed by atoms with Gasteiger partial charge in [-0.25, -0.2) is 10.8 Å². The molecule has 0 saturated carbocycles. The van der Waals surface area contributed by atoms with Crippen LogP contribution in [0.15, 0.2) is 28.0 Å². The maximum atomic E-state index is 11.2. The molecule has 0 atom stereocenters.